The topological polar surface area (TPSA) is 22.1 Å². The van der Waals surface area contributed by atoms with Crippen LogP contribution in [0.1, 0.15) is 47.2 Å². The van der Waals surface area contributed by atoms with Gasteiger partial charge in [0.2, 0.25) is 0 Å². The molecule has 0 aliphatic heterocycles. The van der Waals surface area contributed by atoms with E-state index in [4.69, 9.17) is 4.74 Å². The predicted octanol–water partition coefficient (Wildman–Crippen LogP) is 3.56. The van der Waals surface area contributed by atoms with Crippen molar-refractivity contribution in [3.63, 3.8) is 0 Å². The van der Waals surface area contributed by atoms with E-state index in [1.165, 1.54) is 0 Å². The van der Waals surface area contributed by atoms with Crippen LogP contribution in [0, 0.1) is 0 Å². The molecular weight excluding hydrogens is 186 g/mol. The second kappa shape index (κ2) is 3.84. The smallest absolute Gasteiger partial charge is 0.142 e. The van der Waals surface area contributed by atoms with Crippen LogP contribution in [-0.4, -0.2) is 10.6 Å². The molecule has 0 aromatic carbocycles. The van der Waals surface area contributed by atoms with Crippen LogP contribution < -0.4 is 4.74 Å². The first-order chi connectivity index (χ1) is 6.70. The van der Waals surface area contributed by atoms with Crippen LogP contribution >= 0.6 is 0 Å². The Morgan fingerprint density at radius 3 is 2.13 bits per heavy atom. The summed E-state index contributed by atoms with van der Waals surface area (Å²) in [4.78, 5) is 4.41. The summed E-state index contributed by atoms with van der Waals surface area (Å²) >= 11 is 0. The van der Waals surface area contributed by atoms with E-state index in [1.807, 2.05) is 39.1 Å². The summed E-state index contributed by atoms with van der Waals surface area (Å²) < 4.78 is 5.90. The van der Waals surface area contributed by atoms with E-state index >= 15 is 0 Å². The molecule has 0 unspecified atom stereocenters. The summed E-state index contributed by atoms with van der Waals surface area (Å²) in [7, 11) is 0. The molecular formula is C13H21NO. The molecule has 0 bridgehead atoms. The van der Waals surface area contributed by atoms with Gasteiger partial charge in [0.15, 0.2) is 0 Å². The summed E-state index contributed by atoms with van der Waals surface area (Å²) in [5.74, 6) is 0.887. The van der Waals surface area contributed by atoms with Gasteiger partial charge >= 0.3 is 0 Å². The van der Waals surface area contributed by atoms with Gasteiger partial charge in [-0.2, -0.15) is 0 Å². The third-order valence-corrected chi connectivity index (χ3v) is 1.90. The van der Waals surface area contributed by atoms with E-state index in [1.54, 1.807) is 0 Å². The van der Waals surface area contributed by atoms with Crippen LogP contribution in [0.15, 0.2) is 18.3 Å². The summed E-state index contributed by atoms with van der Waals surface area (Å²) in [5.41, 5.74) is 0.852. The maximum absolute atomic E-state index is 5.90. The molecule has 0 radical (unpaired) electrons. The molecule has 0 saturated heterocycles. The maximum Gasteiger partial charge on any atom is 0.142 e. The van der Waals surface area contributed by atoms with Gasteiger partial charge in [-0.25, -0.2) is 0 Å². The average Bonchev–Trinajstić information content (AvgIpc) is 1.99. The standard InChI is InChI=1S/C13H21NO/c1-12(2,3)11-10(8-7-9-14-11)15-13(4,5)6/h7-9H,1-6H3. The minimum absolute atomic E-state index is 0.0157. The molecule has 1 aromatic heterocycles. The van der Waals surface area contributed by atoms with Crippen LogP contribution in [0.3, 0.4) is 0 Å². The van der Waals surface area contributed by atoms with Gasteiger partial charge in [0.05, 0.1) is 5.69 Å². The zero-order valence-electron chi connectivity index (χ0n) is 10.6. The van der Waals surface area contributed by atoms with Crippen LogP contribution in [0.2, 0.25) is 0 Å². The molecule has 1 aromatic rings. The lowest BCUT2D eigenvalue weighted by molar-refractivity contribution is 0.127. The molecule has 2 heteroatoms. The number of aromatic nitrogens is 1. The highest BCUT2D eigenvalue weighted by molar-refractivity contribution is 5.32. The van der Waals surface area contributed by atoms with Gasteiger partial charge in [-0.05, 0) is 32.9 Å². The summed E-state index contributed by atoms with van der Waals surface area (Å²) in [6, 6.07) is 3.90. The van der Waals surface area contributed by atoms with Gasteiger partial charge < -0.3 is 4.74 Å². The molecule has 1 heterocycles. The monoisotopic (exact) mass is 207 g/mol. The second-order valence-corrected chi connectivity index (χ2v) is 5.81. The van der Waals surface area contributed by atoms with E-state index in [9.17, 15) is 0 Å². The third-order valence-electron chi connectivity index (χ3n) is 1.90. The lowest BCUT2D eigenvalue weighted by atomic mass is 9.91. The fourth-order valence-corrected chi connectivity index (χ4v) is 1.37. The Morgan fingerprint density at radius 1 is 1.07 bits per heavy atom. The largest absolute Gasteiger partial charge is 0.486 e. The van der Waals surface area contributed by atoms with Crippen molar-refractivity contribution in [2.45, 2.75) is 52.6 Å². The van der Waals surface area contributed by atoms with E-state index in [2.05, 4.69) is 25.8 Å². The second-order valence-electron chi connectivity index (χ2n) is 5.81. The van der Waals surface area contributed by atoms with Crippen molar-refractivity contribution in [2.24, 2.45) is 0 Å². The van der Waals surface area contributed by atoms with Crippen molar-refractivity contribution in [3.05, 3.63) is 24.0 Å². The van der Waals surface area contributed by atoms with Crippen molar-refractivity contribution in [1.29, 1.82) is 0 Å². The molecule has 0 fully saturated rings. The van der Waals surface area contributed by atoms with Gasteiger partial charge in [0.25, 0.3) is 0 Å². The summed E-state index contributed by atoms with van der Waals surface area (Å²) in [5, 5.41) is 0. The molecule has 0 aliphatic rings. The fourth-order valence-electron chi connectivity index (χ4n) is 1.37. The van der Waals surface area contributed by atoms with Crippen molar-refractivity contribution in [3.8, 4) is 5.75 Å². The molecule has 2 nitrogen and oxygen atoms in total. The van der Waals surface area contributed by atoms with E-state index in [0.717, 1.165) is 11.4 Å². The first kappa shape index (κ1) is 12.0. The molecule has 0 atom stereocenters. The highest BCUT2D eigenvalue weighted by Crippen LogP contribution is 2.30. The quantitative estimate of drug-likeness (QED) is 0.702. The third kappa shape index (κ3) is 3.54. The van der Waals surface area contributed by atoms with Crippen LogP contribution in [0.5, 0.6) is 5.75 Å². The summed E-state index contributed by atoms with van der Waals surface area (Å²) in [6.07, 6.45) is 1.82. The average molecular weight is 207 g/mol. The lowest BCUT2D eigenvalue weighted by Crippen LogP contribution is -2.26. The fraction of sp³-hybridized carbons (Fsp3) is 0.615. The van der Waals surface area contributed by atoms with Crippen LogP contribution in [0.25, 0.3) is 0 Å². The highest BCUT2D eigenvalue weighted by Gasteiger charge is 2.23. The lowest BCUT2D eigenvalue weighted by Gasteiger charge is -2.26. The first-order valence-electron chi connectivity index (χ1n) is 5.35. The Hall–Kier alpha value is -1.05. The Bertz CT molecular complexity index is 331. The van der Waals surface area contributed by atoms with Gasteiger partial charge in [-0.3, -0.25) is 4.98 Å². The van der Waals surface area contributed by atoms with E-state index < -0.39 is 0 Å². The van der Waals surface area contributed by atoms with Crippen molar-refractivity contribution < 1.29 is 4.74 Å². The van der Waals surface area contributed by atoms with E-state index in [-0.39, 0.29) is 11.0 Å². The van der Waals surface area contributed by atoms with Gasteiger partial charge in [0, 0.05) is 11.6 Å². The highest BCUT2D eigenvalue weighted by atomic mass is 16.5. The number of nitrogens with zero attached hydrogens (tertiary/aromatic N) is 1. The Morgan fingerprint density at radius 2 is 1.67 bits per heavy atom. The summed E-state index contributed by atoms with van der Waals surface area (Å²) in [6.45, 7) is 12.6. The molecule has 15 heavy (non-hydrogen) atoms. The number of hydrogen-bond acceptors (Lipinski definition) is 2. The number of ether oxygens (including phenoxy) is 1. The molecule has 0 spiro atoms. The molecule has 0 amide bonds. The van der Waals surface area contributed by atoms with Crippen LogP contribution in [0.4, 0.5) is 0 Å². The van der Waals surface area contributed by atoms with Gasteiger partial charge in [-0.15, -0.1) is 0 Å². The minimum atomic E-state index is -0.178. The molecule has 0 N–H and O–H groups in total. The first-order valence-corrected chi connectivity index (χ1v) is 5.35. The Kier molecular flexibility index (Phi) is 3.08. The normalized spacial score (nSPS) is 12.7. The maximum atomic E-state index is 5.90. The van der Waals surface area contributed by atoms with Crippen molar-refractivity contribution in [2.75, 3.05) is 0 Å². The van der Waals surface area contributed by atoms with Crippen molar-refractivity contribution >= 4 is 0 Å². The number of pyridine rings is 1. The zero-order valence-corrected chi connectivity index (χ0v) is 10.6. The minimum Gasteiger partial charge on any atom is -0.486 e. The van der Waals surface area contributed by atoms with Gasteiger partial charge in [-0.1, -0.05) is 20.8 Å². The molecule has 84 valence electrons. The number of hydrogen-bond donors (Lipinski definition) is 0. The Balaban J connectivity index is 3.08. The predicted molar refractivity (Wildman–Crippen MR) is 63.3 cm³/mol. The van der Waals surface area contributed by atoms with Gasteiger partial charge in [0.1, 0.15) is 11.4 Å². The molecule has 1 rings (SSSR count). The number of rotatable bonds is 1. The molecule has 0 aliphatic carbocycles. The van der Waals surface area contributed by atoms with Crippen molar-refractivity contribution in [1.82, 2.24) is 4.98 Å². The van der Waals surface area contributed by atoms with E-state index in [0.29, 0.717) is 0 Å². The zero-order chi connectivity index (χ0) is 11.7. The Labute approximate surface area is 92.7 Å². The SMILES string of the molecule is CC(C)(C)Oc1cccnc1C(C)(C)C. The van der Waals surface area contributed by atoms with Crippen LogP contribution in [-0.2, 0) is 5.41 Å². The molecule has 0 saturated carbocycles.